The van der Waals surface area contributed by atoms with Crippen LogP contribution in [0.3, 0.4) is 0 Å². The minimum Gasteiger partial charge on any atom is -0.356 e. The number of carbonyl (C=O) groups is 1. The second kappa shape index (κ2) is 7.03. The molecule has 3 aliphatic carbocycles. The zero-order chi connectivity index (χ0) is 17.5. The molecule has 0 spiro atoms. The van der Waals surface area contributed by atoms with E-state index in [1.54, 1.807) is 0 Å². The lowest BCUT2D eigenvalue weighted by atomic mass is 9.96. The lowest BCUT2D eigenvalue weighted by Gasteiger charge is -2.32. The van der Waals surface area contributed by atoms with Crippen LogP contribution in [0.2, 0.25) is 0 Å². The molecule has 142 valence electrons. The highest BCUT2D eigenvalue weighted by Crippen LogP contribution is 2.69. The molecular weight excluding hydrogens is 322 g/mol. The summed E-state index contributed by atoms with van der Waals surface area (Å²) in [5.74, 6) is 4.83. The SMILES string of the molecule is O=C(NCC1CCN(CCCn2cccc2)CC1)C1[C@@H]2[C@H]3CC[C@H](C3)[C@H]12. The molecule has 2 heterocycles. The van der Waals surface area contributed by atoms with E-state index in [0.29, 0.717) is 17.7 Å². The maximum atomic E-state index is 12.6. The van der Waals surface area contributed by atoms with Crippen LogP contribution in [0, 0.1) is 35.5 Å². The summed E-state index contributed by atoms with van der Waals surface area (Å²) in [5.41, 5.74) is 0. The minimum absolute atomic E-state index is 0.394. The van der Waals surface area contributed by atoms with Gasteiger partial charge in [-0.2, -0.15) is 0 Å². The number of hydrogen-bond donors (Lipinski definition) is 1. The van der Waals surface area contributed by atoms with Crippen molar-refractivity contribution >= 4 is 5.91 Å². The summed E-state index contributed by atoms with van der Waals surface area (Å²) in [4.78, 5) is 15.2. The highest BCUT2D eigenvalue weighted by atomic mass is 16.2. The first-order valence-electron chi connectivity index (χ1n) is 10.9. The van der Waals surface area contributed by atoms with Gasteiger partial charge in [-0.3, -0.25) is 4.79 Å². The van der Waals surface area contributed by atoms with Crippen molar-refractivity contribution in [3.8, 4) is 0 Å². The van der Waals surface area contributed by atoms with Crippen molar-refractivity contribution in [2.45, 2.75) is 45.1 Å². The van der Waals surface area contributed by atoms with E-state index in [1.807, 2.05) is 0 Å². The third-order valence-electron chi connectivity index (χ3n) is 7.87. The van der Waals surface area contributed by atoms with Gasteiger partial charge in [0.15, 0.2) is 0 Å². The molecule has 1 aromatic rings. The van der Waals surface area contributed by atoms with E-state index in [9.17, 15) is 4.79 Å². The van der Waals surface area contributed by atoms with E-state index in [4.69, 9.17) is 0 Å². The van der Waals surface area contributed by atoms with Crippen LogP contribution in [0.4, 0.5) is 0 Å². The van der Waals surface area contributed by atoms with Gasteiger partial charge >= 0.3 is 0 Å². The normalized spacial score (nSPS) is 36.2. The molecule has 4 nitrogen and oxygen atoms in total. The molecule has 5 atom stereocenters. The highest BCUT2D eigenvalue weighted by molar-refractivity contribution is 5.82. The molecule has 2 bridgehead atoms. The number of carbonyl (C=O) groups excluding carboxylic acids is 1. The second-order valence-corrected chi connectivity index (χ2v) is 9.32. The van der Waals surface area contributed by atoms with Gasteiger partial charge in [0.2, 0.25) is 5.91 Å². The molecule has 1 unspecified atom stereocenters. The molecule has 3 saturated carbocycles. The predicted molar refractivity (Wildman–Crippen MR) is 103 cm³/mol. The Kier molecular flexibility index (Phi) is 4.56. The minimum atomic E-state index is 0.394. The summed E-state index contributed by atoms with van der Waals surface area (Å²) in [6.07, 6.45) is 12.2. The average molecular weight is 356 g/mol. The number of likely N-dealkylation sites (tertiary alicyclic amines) is 1. The molecule has 1 amide bonds. The van der Waals surface area contributed by atoms with Gasteiger partial charge in [0.05, 0.1) is 0 Å². The van der Waals surface area contributed by atoms with E-state index in [-0.39, 0.29) is 0 Å². The quantitative estimate of drug-likeness (QED) is 0.816. The fourth-order valence-corrected chi connectivity index (χ4v) is 6.45. The number of fused-ring (bicyclic) bond motifs is 5. The molecule has 4 heteroatoms. The Labute approximate surface area is 157 Å². The molecule has 26 heavy (non-hydrogen) atoms. The Morgan fingerprint density at radius 1 is 0.962 bits per heavy atom. The number of piperidine rings is 1. The van der Waals surface area contributed by atoms with E-state index in [2.05, 4.69) is 39.3 Å². The maximum Gasteiger partial charge on any atom is 0.223 e. The van der Waals surface area contributed by atoms with Crippen LogP contribution in [-0.4, -0.2) is 41.6 Å². The molecule has 1 N–H and O–H groups in total. The molecule has 0 radical (unpaired) electrons. The van der Waals surface area contributed by atoms with Gasteiger partial charge < -0.3 is 14.8 Å². The van der Waals surface area contributed by atoms with Gasteiger partial charge in [-0.25, -0.2) is 0 Å². The van der Waals surface area contributed by atoms with Gasteiger partial charge in [0, 0.05) is 31.4 Å². The Bertz CT molecular complexity index is 603. The number of rotatable bonds is 7. The number of hydrogen-bond acceptors (Lipinski definition) is 2. The average Bonchev–Trinajstić information content (AvgIpc) is 3.04. The monoisotopic (exact) mass is 355 g/mol. The molecule has 4 fully saturated rings. The van der Waals surface area contributed by atoms with Gasteiger partial charge in [0.25, 0.3) is 0 Å². The Balaban J connectivity index is 0.983. The molecule has 1 aliphatic heterocycles. The van der Waals surface area contributed by atoms with Crippen molar-refractivity contribution in [3.05, 3.63) is 24.5 Å². The summed E-state index contributed by atoms with van der Waals surface area (Å²) >= 11 is 0. The number of nitrogens with one attached hydrogen (secondary N) is 1. The standard InChI is InChI=1S/C22H33N3O/c26-22(21-19-17-4-5-18(14-17)20(19)21)23-15-16-6-12-25(13-7-16)11-3-10-24-8-1-2-9-24/h1-2,8-9,16-21H,3-7,10-15H2,(H,23,26)/t17-,18+,19+,20-,21?. The first-order chi connectivity index (χ1) is 12.8. The largest absolute Gasteiger partial charge is 0.356 e. The molecule has 1 aromatic heterocycles. The fraction of sp³-hybridized carbons (Fsp3) is 0.773. The Morgan fingerprint density at radius 2 is 1.65 bits per heavy atom. The zero-order valence-electron chi connectivity index (χ0n) is 15.9. The van der Waals surface area contributed by atoms with E-state index >= 15 is 0 Å². The molecule has 5 rings (SSSR count). The van der Waals surface area contributed by atoms with E-state index in [0.717, 1.165) is 36.8 Å². The topological polar surface area (TPSA) is 37.3 Å². The maximum absolute atomic E-state index is 12.6. The van der Waals surface area contributed by atoms with E-state index < -0.39 is 0 Å². The van der Waals surface area contributed by atoms with Crippen LogP contribution in [0.15, 0.2) is 24.5 Å². The van der Waals surface area contributed by atoms with Crippen molar-refractivity contribution in [3.63, 3.8) is 0 Å². The molecular formula is C22H33N3O. The zero-order valence-corrected chi connectivity index (χ0v) is 15.9. The predicted octanol–water partition coefficient (Wildman–Crippen LogP) is 3.00. The summed E-state index contributed by atoms with van der Waals surface area (Å²) in [7, 11) is 0. The van der Waals surface area contributed by atoms with Crippen LogP contribution in [0.25, 0.3) is 0 Å². The van der Waals surface area contributed by atoms with Crippen LogP contribution in [0.5, 0.6) is 0 Å². The Morgan fingerprint density at radius 3 is 2.35 bits per heavy atom. The third kappa shape index (κ3) is 3.21. The lowest BCUT2D eigenvalue weighted by molar-refractivity contribution is -0.123. The van der Waals surface area contributed by atoms with Crippen molar-refractivity contribution in [1.29, 1.82) is 0 Å². The van der Waals surface area contributed by atoms with Crippen LogP contribution < -0.4 is 5.32 Å². The van der Waals surface area contributed by atoms with Crippen molar-refractivity contribution in [2.75, 3.05) is 26.2 Å². The third-order valence-corrected chi connectivity index (χ3v) is 7.87. The van der Waals surface area contributed by atoms with Crippen molar-refractivity contribution in [2.24, 2.45) is 35.5 Å². The Hall–Kier alpha value is -1.29. The summed E-state index contributed by atoms with van der Waals surface area (Å²) in [6, 6.07) is 4.19. The number of aromatic nitrogens is 1. The van der Waals surface area contributed by atoms with Crippen molar-refractivity contribution < 1.29 is 4.79 Å². The lowest BCUT2D eigenvalue weighted by Crippen LogP contribution is -2.39. The second-order valence-electron chi connectivity index (χ2n) is 9.32. The van der Waals surface area contributed by atoms with Gasteiger partial charge in [-0.1, -0.05) is 0 Å². The highest BCUT2D eigenvalue weighted by Gasteiger charge is 2.67. The summed E-state index contributed by atoms with van der Waals surface area (Å²) in [5, 5.41) is 3.33. The molecule has 4 aliphatic rings. The number of aryl methyl sites for hydroxylation is 1. The van der Waals surface area contributed by atoms with Gasteiger partial charge in [-0.05, 0) is 99.9 Å². The van der Waals surface area contributed by atoms with Crippen LogP contribution in [0.1, 0.15) is 38.5 Å². The first-order valence-corrected chi connectivity index (χ1v) is 10.9. The van der Waals surface area contributed by atoms with Crippen LogP contribution >= 0.6 is 0 Å². The van der Waals surface area contributed by atoms with Crippen LogP contribution in [-0.2, 0) is 11.3 Å². The molecule has 1 saturated heterocycles. The summed E-state index contributed by atoms with van der Waals surface area (Å²) in [6.45, 7) is 5.64. The summed E-state index contributed by atoms with van der Waals surface area (Å²) < 4.78 is 2.27. The first kappa shape index (κ1) is 16.9. The van der Waals surface area contributed by atoms with E-state index in [1.165, 1.54) is 58.2 Å². The number of nitrogens with zero attached hydrogens (tertiary/aromatic N) is 2. The fourth-order valence-electron chi connectivity index (χ4n) is 6.45. The van der Waals surface area contributed by atoms with Crippen molar-refractivity contribution in [1.82, 2.24) is 14.8 Å². The van der Waals surface area contributed by atoms with Gasteiger partial charge in [-0.15, -0.1) is 0 Å². The number of amides is 1. The smallest absolute Gasteiger partial charge is 0.223 e. The van der Waals surface area contributed by atoms with Gasteiger partial charge in [0.1, 0.15) is 0 Å². The molecule has 0 aromatic carbocycles.